The number of aryl methyl sites for hydroxylation is 1. The van der Waals surface area contributed by atoms with E-state index in [2.05, 4.69) is 10.2 Å². The molecule has 0 aliphatic heterocycles. The van der Waals surface area contributed by atoms with Crippen LogP contribution in [0.5, 0.6) is 0 Å². The number of rotatable bonds is 5. The number of aromatic nitrogens is 3. The van der Waals surface area contributed by atoms with Gasteiger partial charge in [0.2, 0.25) is 0 Å². The average molecular weight is 298 g/mol. The van der Waals surface area contributed by atoms with Gasteiger partial charge >= 0.3 is 5.97 Å². The van der Waals surface area contributed by atoms with Crippen LogP contribution in [-0.4, -0.2) is 39.1 Å². The third-order valence-electron chi connectivity index (χ3n) is 4.19. The van der Waals surface area contributed by atoms with E-state index in [0.29, 0.717) is 0 Å². The maximum Gasteiger partial charge on any atom is 0.326 e. The van der Waals surface area contributed by atoms with E-state index in [1.165, 1.54) is 7.11 Å². The Morgan fingerprint density at radius 3 is 2.95 bits per heavy atom. The molecule has 2 unspecified atom stereocenters. The third-order valence-corrected chi connectivity index (χ3v) is 5.24. The smallest absolute Gasteiger partial charge is 0.326 e. The van der Waals surface area contributed by atoms with Crippen LogP contribution in [0.3, 0.4) is 0 Å². The monoisotopic (exact) mass is 298 g/mol. The number of nitrogens with zero attached hydrogens (tertiary/aromatic N) is 3. The van der Waals surface area contributed by atoms with Crippen LogP contribution in [0.15, 0.2) is 5.16 Å². The maximum absolute atomic E-state index is 11.9. The predicted molar refractivity (Wildman–Crippen MR) is 77.4 cm³/mol. The second-order valence-electron chi connectivity index (χ2n) is 5.35. The van der Waals surface area contributed by atoms with Crippen molar-refractivity contribution in [2.24, 2.45) is 18.7 Å². The number of esters is 1. The summed E-state index contributed by atoms with van der Waals surface area (Å²) in [7, 11) is 3.36. The largest absolute Gasteiger partial charge is 0.468 e. The lowest BCUT2D eigenvalue weighted by Crippen LogP contribution is -2.51. The molecule has 7 heteroatoms. The van der Waals surface area contributed by atoms with Crippen LogP contribution in [0.1, 0.15) is 31.5 Å². The Morgan fingerprint density at radius 2 is 2.35 bits per heavy atom. The van der Waals surface area contributed by atoms with E-state index >= 15 is 0 Å². The van der Waals surface area contributed by atoms with Gasteiger partial charge < -0.3 is 15.0 Å². The lowest BCUT2D eigenvalue weighted by Gasteiger charge is -2.28. The van der Waals surface area contributed by atoms with Gasteiger partial charge in [0.05, 0.1) is 7.11 Å². The average Bonchev–Trinajstić information content (AvgIpc) is 2.96. The van der Waals surface area contributed by atoms with Crippen LogP contribution in [0, 0.1) is 12.8 Å². The highest BCUT2D eigenvalue weighted by Gasteiger charge is 2.46. The number of hydrogen-bond acceptors (Lipinski definition) is 6. The SMILES string of the molecule is COC(=O)C1(N)CCCC1CCSc1nnc(C)n1C. The Balaban J connectivity index is 1.90. The topological polar surface area (TPSA) is 83.0 Å². The van der Waals surface area contributed by atoms with Gasteiger partial charge in [0, 0.05) is 12.8 Å². The molecule has 2 atom stereocenters. The van der Waals surface area contributed by atoms with Crippen molar-refractivity contribution in [3.05, 3.63) is 5.82 Å². The molecule has 0 saturated heterocycles. The van der Waals surface area contributed by atoms with Crippen molar-refractivity contribution in [2.75, 3.05) is 12.9 Å². The van der Waals surface area contributed by atoms with Crippen molar-refractivity contribution < 1.29 is 9.53 Å². The quantitative estimate of drug-likeness (QED) is 0.651. The minimum absolute atomic E-state index is 0.191. The van der Waals surface area contributed by atoms with Crippen LogP contribution in [-0.2, 0) is 16.6 Å². The van der Waals surface area contributed by atoms with Crippen molar-refractivity contribution in [1.82, 2.24) is 14.8 Å². The first kappa shape index (κ1) is 15.3. The molecule has 1 heterocycles. The van der Waals surface area contributed by atoms with Gasteiger partial charge in [-0.15, -0.1) is 10.2 Å². The van der Waals surface area contributed by atoms with Crippen LogP contribution in [0.4, 0.5) is 0 Å². The molecule has 0 amide bonds. The van der Waals surface area contributed by atoms with Crippen LogP contribution in [0.2, 0.25) is 0 Å². The molecule has 0 aromatic carbocycles. The van der Waals surface area contributed by atoms with Crippen molar-refractivity contribution in [2.45, 2.75) is 43.3 Å². The highest BCUT2D eigenvalue weighted by Crippen LogP contribution is 2.38. The van der Waals surface area contributed by atoms with E-state index in [1.807, 2.05) is 18.5 Å². The lowest BCUT2D eigenvalue weighted by atomic mass is 9.86. The van der Waals surface area contributed by atoms with Crippen molar-refractivity contribution in [3.8, 4) is 0 Å². The Morgan fingerprint density at radius 1 is 1.60 bits per heavy atom. The number of ether oxygens (including phenoxy) is 1. The molecule has 0 bridgehead atoms. The molecule has 0 spiro atoms. The van der Waals surface area contributed by atoms with Crippen molar-refractivity contribution in [1.29, 1.82) is 0 Å². The van der Waals surface area contributed by atoms with E-state index in [9.17, 15) is 4.79 Å². The summed E-state index contributed by atoms with van der Waals surface area (Å²) in [6.07, 6.45) is 3.59. The van der Waals surface area contributed by atoms with E-state index < -0.39 is 5.54 Å². The molecule has 1 aromatic heterocycles. The molecule has 1 saturated carbocycles. The van der Waals surface area contributed by atoms with Gasteiger partial charge in [0.25, 0.3) is 0 Å². The number of hydrogen-bond donors (Lipinski definition) is 1. The van der Waals surface area contributed by atoms with Crippen LogP contribution in [0.25, 0.3) is 0 Å². The molecular weight excluding hydrogens is 276 g/mol. The Bertz CT molecular complexity index is 491. The molecule has 2 N–H and O–H groups in total. The fourth-order valence-electron chi connectivity index (χ4n) is 2.77. The summed E-state index contributed by atoms with van der Waals surface area (Å²) in [5.74, 6) is 1.69. The summed E-state index contributed by atoms with van der Waals surface area (Å²) >= 11 is 1.66. The second-order valence-corrected chi connectivity index (χ2v) is 6.41. The highest BCUT2D eigenvalue weighted by molar-refractivity contribution is 7.99. The molecule has 6 nitrogen and oxygen atoms in total. The lowest BCUT2D eigenvalue weighted by molar-refractivity contribution is -0.148. The van der Waals surface area contributed by atoms with Gasteiger partial charge in [-0.2, -0.15) is 0 Å². The van der Waals surface area contributed by atoms with Gasteiger partial charge in [-0.1, -0.05) is 18.2 Å². The molecule has 20 heavy (non-hydrogen) atoms. The van der Waals surface area contributed by atoms with Gasteiger partial charge in [-0.3, -0.25) is 4.79 Å². The second kappa shape index (κ2) is 6.13. The third kappa shape index (κ3) is 2.83. The standard InChI is InChI=1S/C13H22N4O2S/c1-9-15-16-12(17(9)2)20-8-6-10-5-4-7-13(10,14)11(18)19-3/h10H,4-8,14H2,1-3H3. The first-order chi connectivity index (χ1) is 9.49. The number of nitrogens with two attached hydrogens (primary N) is 1. The highest BCUT2D eigenvalue weighted by atomic mass is 32.2. The van der Waals surface area contributed by atoms with Crippen LogP contribution >= 0.6 is 11.8 Å². The Hall–Kier alpha value is -1.08. The van der Waals surface area contributed by atoms with E-state index in [0.717, 1.165) is 42.4 Å². The summed E-state index contributed by atoms with van der Waals surface area (Å²) in [4.78, 5) is 11.9. The molecule has 0 radical (unpaired) electrons. The minimum atomic E-state index is -0.800. The summed E-state index contributed by atoms with van der Waals surface area (Å²) in [6, 6.07) is 0. The first-order valence-corrected chi connectivity index (χ1v) is 7.83. The molecule has 1 aliphatic carbocycles. The fourth-order valence-corrected chi connectivity index (χ4v) is 3.78. The molecule has 112 valence electrons. The van der Waals surface area contributed by atoms with E-state index in [4.69, 9.17) is 10.5 Å². The normalized spacial score (nSPS) is 25.9. The summed E-state index contributed by atoms with van der Waals surface area (Å²) in [6.45, 7) is 1.93. The van der Waals surface area contributed by atoms with Crippen molar-refractivity contribution in [3.63, 3.8) is 0 Å². The van der Waals surface area contributed by atoms with E-state index in [-0.39, 0.29) is 11.9 Å². The fraction of sp³-hybridized carbons (Fsp3) is 0.769. The molecule has 1 aromatic rings. The molecule has 2 rings (SSSR count). The zero-order valence-electron chi connectivity index (χ0n) is 12.3. The minimum Gasteiger partial charge on any atom is -0.468 e. The Labute approximate surface area is 123 Å². The molecule has 1 aliphatic rings. The van der Waals surface area contributed by atoms with Gasteiger partial charge in [-0.25, -0.2) is 0 Å². The van der Waals surface area contributed by atoms with Crippen molar-refractivity contribution >= 4 is 17.7 Å². The predicted octanol–water partition coefficient (Wildman–Crippen LogP) is 1.28. The number of thioether (sulfide) groups is 1. The maximum atomic E-state index is 11.9. The van der Waals surface area contributed by atoms with Gasteiger partial charge in [-0.05, 0) is 32.1 Å². The van der Waals surface area contributed by atoms with Gasteiger partial charge in [0.1, 0.15) is 11.4 Å². The zero-order valence-corrected chi connectivity index (χ0v) is 13.1. The zero-order chi connectivity index (χ0) is 14.8. The number of carbonyl (C=O) groups excluding carboxylic acids is 1. The van der Waals surface area contributed by atoms with Gasteiger partial charge in [0.15, 0.2) is 5.16 Å². The first-order valence-electron chi connectivity index (χ1n) is 6.85. The summed E-state index contributed by atoms with van der Waals surface area (Å²) in [5, 5.41) is 9.05. The van der Waals surface area contributed by atoms with E-state index in [1.54, 1.807) is 11.8 Å². The number of methoxy groups -OCH3 is 1. The number of carbonyl (C=O) groups is 1. The van der Waals surface area contributed by atoms with Crippen LogP contribution < -0.4 is 5.73 Å². The molecule has 1 fully saturated rings. The summed E-state index contributed by atoms with van der Waals surface area (Å²) < 4.78 is 6.82. The summed E-state index contributed by atoms with van der Waals surface area (Å²) in [5.41, 5.74) is 5.45. The molecular formula is C13H22N4O2S. The Kier molecular flexibility index (Phi) is 4.70.